The Kier molecular flexibility index (Phi) is 6.41. The summed E-state index contributed by atoms with van der Waals surface area (Å²) >= 11 is 1.35. The van der Waals surface area contributed by atoms with Crippen LogP contribution in [0.5, 0.6) is 0 Å². The zero-order chi connectivity index (χ0) is 20.1. The van der Waals surface area contributed by atoms with Gasteiger partial charge in [-0.05, 0) is 29.7 Å². The van der Waals surface area contributed by atoms with Crippen molar-refractivity contribution in [1.29, 1.82) is 0 Å². The number of hydrogen-bond donors (Lipinski definition) is 4. The highest BCUT2D eigenvalue weighted by Crippen LogP contribution is 2.30. The number of benzene rings is 2. The van der Waals surface area contributed by atoms with Gasteiger partial charge < -0.3 is 21.9 Å². The molecule has 6 nitrogen and oxygen atoms in total. The molecule has 28 heavy (non-hydrogen) atoms. The molecule has 0 aliphatic heterocycles. The molecule has 1 amide bonds. The Morgan fingerprint density at radius 1 is 1.21 bits per heavy atom. The fraction of sp³-hybridized carbons (Fsp3) is 0.238. The molecule has 6 N–H and O–H groups in total. The molecule has 3 rings (SSSR count). The molecule has 0 aliphatic carbocycles. The second-order valence-electron chi connectivity index (χ2n) is 6.69. The van der Waals surface area contributed by atoms with Gasteiger partial charge in [0.2, 0.25) is 5.91 Å². The van der Waals surface area contributed by atoms with Crippen LogP contribution >= 0.6 is 11.3 Å². The van der Waals surface area contributed by atoms with Crippen molar-refractivity contribution in [3.63, 3.8) is 0 Å². The number of nitrogens with two attached hydrogens (primary N) is 2. The van der Waals surface area contributed by atoms with Gasteiger partial charge in [0.15, 0.2) is 5.13 Å². The van der Waals surface area contributed by atoms with Crippen LogP contribution in [0.15, 0.2) is 53.9 Å². The summed E-state index contributed by atoms with van der Waals surface area (Å²) in [5.74, 6) is -0.394. The summed E-state index contributed by atoms with van der Waals surface area (Å²) in [5.41, 5.74) is 15.5. The molecule has 2 aromatic carbocycles. The lowest BCUT2D eigenvalue weighted by atomic mass is 9.96. The van der Waals surface area contributed by atoms with Crippen molar-refractivity contribution < 1.29 is 9.90 Å². The monoisotopic (exact) mass is 396 g/mol. The van der Waals surface area contributed by atoms with Gasteiger partial charge in [-0.2, -0.15) is 0 Å². The van der Waals surface area contributed by atoms with Crippen LogP contribution in [0.25, 0.3) is 11.3 Å². The number of hydrogen-bond acceptors (Lipinski definition) is 6. The van der Waals surface area contributed by atoms with Crippen molar-refractivity contribution in [2.45, 2.75) is 25.5 Å². The van der Waals surface area contributed by atoms with Crippen LogP contribution in [0.4, 0.5) is 5.13 Å². The zero-order valence-corrected chi connectivity index (χ0v) is 16.4. The number of aliphatic hydroxyl groups is 1. The van der Waals surface area contributed by atoms with Crippen LogP contribution in [0.2, 0.25) is 0 Å². The van der Waals surface area contributed by atoms with Crippen molar-refractivity contribution in [1.82, 2.24) is 10.3 Å². The van der Waals surface area contributed by atoms with Gasteiger partial charge in [0.05, 0.1) is 18.2 Å². The molecule has 146 valence electrons. The maximum atomic E-state index is 11.4. The van der Waals surface area contributed by atoms with Crippen LogP contribution in [-0.4, -0.2) is 22.5 Å². The number of nitrogen functional groups attached to an aromatic ring is 1. The van der Waals surface area contributed by atoms with Crippen LogP contribution in [0, 0.1) is 0 Å². The number of rotatable bonds is 8. The van der Waals surface area contributed by atoms with Crippen molar-refractivity contribution >= 4 is 22.4 Å². The molecular formula is C21H24N4O2S. The number of nitrogens with zero attached hydrogens (tertiary/aromatic N) is 1. The average Bonchev–Trinajstić information content (AvgIpc) is 3.12. The zero-order valence-electron chi connectivity index (χ0n) is 15.6. The van der Waals surface area contributed by atoms with E-state index in [-0.39, 0.29) is 12.5 Å². The highest BCUT2D eigenvalue weighted by molar-refractivity contribution is 7.13. The van der Waals surface area contributed by atoms with E-state index in [9.17, 15) is 9.90 Å². The summed E-state index contributed by atoms with van der Waals surface area (Å²) in [6.07, 6.45) is -0.447. The molecule has 3 aromatic rings. The van der Waals surface area contributed by atoms with Crippen LogP contribution in [0.3, 0.4) is 0 Å². The Labute approximate surface area is 168 Å². The predicted octanol–water partition coefficient (Wildman–Crippen LogP) is 2.80. The van der Waals surface area contributed by atoms with Gasteiger partial charge in [-0.1, -0.05) is 42.5 Å². The first kappa shape index (κ1) is 20.0. The van der Waals surface area contributed by atoms with Gasteiger partial charge in [0.1, 0.15) is 0 Å². The first-order valence-electron chi connectivity index (χ1n) is 9.03. The van der Waals surface area contributed by atoms with Gasteiger partial charge in [-0.25, -0.2) is 4.98 Å². The van der Waals surface area contributed by atoms with E-state index in [1.165, 1.54) is 11.3 Å². The van der Waals surface area contributed by atoms with Crippen LogP contribution < -0.4 is 16.8 Å². The first-order valence-corrected chi connectivity index (χ1v) is 9.91. The molecule has 2 atom stereocenters. The summed E-state index contributed by atoms with van der Waals surface area (Å²) < 4.78 is 0. The topological polar surface area (TPSA) is 114 Å². The molecular weight excluding hydrogens is 372 g/mol. The molecule has 0 aliphatic rings. The third kappa shape index (κ3) is 4.95. The normalized spacial score (nSPS) is 13.2. The second-order valence-corrected chi connectivity index (χ2v) is 7.58. The van der Waals surface area contributed by atoms with Gasteiger partial charge in [0, 0.05) is 23.5 Å². The van der Waals surface area contributed by atoms with Crippen molar-refractivity contribution in [3.05, 3.63) is 70.6 Å². The number of aliphatic hydroxyl groups excluding tert-OH is 1. The third-order valence-corrected chi connectivity index (χ3v) is 5.27. The number of thiazole rings is 1. The largest absolute Gasteiger partial charge is 0.387 e. The molecule has 0 radical (unpaired) electrons. The number of anilines is 1. The fourth-order valence-corrected chi connectivity index (χ4v) is 3.62. The van der Waals surface area contributed by atoms with Crippen LogP contribution in [0.1, 0.15) is 35.8 Å². The lowest BCUT2D eigenvalue weighted by molar-refractivity contribution is -0.117. The highest BCUT2D eigenvalue weighted by Gasteiger charge is 2.15. The standard InChI is InChI=1S/C21H24N4O2S/c1-13(24-11-19(26)14-5-3-2-4-6-14)15-7-8-16(10-20(22)27)17(9-15)18-12-28-21(23)25-18/h2-9,12-13,19,24,26H,10-11H2,1H3,(H2,22,27)(H2,23,25)/t13-,19+/m1/s1. The summed E-state index contributed by atoms with van der Waals surface area (Å²) in [6.45, 7) is 2.45. The van der Waals surface area contributed by atoms with E-state index >= 15 is 0 Å². The van der Waals surface area contributed by atoms with Gasteiger partial charge >= 0.3 is 0 Å². The van der Waals surface area contributed by atoms with E-state index in [0.717, 1.165) is 27.9 Å². The molecule has 0 spiro atoms. The lowest BCUT2D eigenvalue weighted by Crippen LogP contribution is -2.24. The minimum atomic E-state index is -0.587. The average molecular weight is 397 g/mol. The van der Waals surface area contributed by atoms with Crippen molar-refractivity contribution in [2.24, 2.45) is 5.73 Å². The minimum Gasteiger partial charge on any atom is -0.387 e. The van der Waals surface area contributed by atoms with E-state index in [1.807, 2.05) is 60.8 Å². The first-order chi connectivity index (χ1) is 13.4. The summed E-state index contributed by atoms with van der Waals surface area (Å²) in [7, 11) is 0. The van der Waals surface area contributed by atoms with Gasteiger partial charge in [-0.15, -0.1) is 11.3 Å². The molecule has 1 aromatic heterocycles. The van der Waals surface area contributed by atoms with E-state index in [2.05, 4.69) is 10.3 Å². The van der Waals surface area contributed by atoms with E-state index in [4.69, 9.17) is 11.5 Å². The lowest BCUT2D eigenvalue weighted by Gasteiger charge is -2.19. The van der Waals surface area contributed by atoms with Crippen molar-refractivity contribution in [2.75, 3.05) is 12.3 Å². The molecule has 0 bridgehead atoms. The summed E-state index contributed by atoms with van der Waals surface area (Å²) in [6, 6.07) is 15.4. The number of primary amides is 1. The molecule has 7 heteroatoms. The molecule has 0 unspecified atom stereocenters. The maximum absolute atomic E-state index is 11.4. The highest BCUT2D eigenvalue weighted by atomic mass is 32.1. The Balaban J connectivity index is 1.78. The van der Waals surface area contributed by atoms with E-state index < -0.39 is 12.0 Å². The maximum Gasteiger partial charge on any atom is 0.221 e. The van der Waals surface area contributed by atoms with Crippen molar-refractivity contribution in [3.8, 4) is 11.3 Å². The Morgan fingerprint density at radius 2 is 1.96 bits per heavy atom. The van der Waals surface area contributed by atoms with Gasteiger partial charge in [0.25, 0.3) is 0 Å². The minimum absolute atomic E-state index is 0.00396. The Morgan fingerprint density at radius 3 is 2.61 bits per heavy atom. The second kappa shape index (κ2) is 8.97. The number of amides is 1. The molecule has 1 heterocycles. The number of carbonyl (C=O) groups is 1. The van der Waals surface area contributed by atoms with E-state index in [0.29, 0.717) is 11.7 Å². The smallest absolute Gasteiger partial charge is 0.221 e. The quantitative estimate of drug-likeness (QED) is 0.467. The number of aromatic nitrogens is 1. The third-order valence-electron chi connectivity index (χ3n) is 4.60. The SMILES string of the molecule is C[C@@H](NC[C@H](O)c1ccccc1)c1ccc(CC(N)=O)c(-c2csc(N)n2)c1. The van der Waals surface area contributed by atoms with Crippen LogP contribution in [-0.2, 0) is 11.2 Å². The molecule has 0 saturated heterocycles. The number of carbonyl (C=O) groups excluding carboxylic acids is 1. The van der Waals surface area contributed by atoms with E-state index in [1.54, 1.807) is 0 Å². The van der Waals surface area contributed by atoms with Gasteiger partial charge in [-0.3, -0.25) is 4.79 Å². The summed E-state index contributed by atoms with van der Waals surface area (Å²) in [5, 5.41) is 16.1. The fourth-order valence-electron chi connectivity index (χ4n) is 3.05. The number of nitrogens with one attached hydrogen (secondary N) is 1. The molecule has 0 fully saturated rings. The Hall–Kier alpha value is -2.74. The summed E-state index contributed by atoms with van der Waals surface area (Å²) in [4.78, 5) is 15.8. The Bertz CT molecular complexity index is 943. The predicted molar refractivity (Wildman–Crippen MR) is 113 cm³/mol. The molecule has 0 saturated carbocycles.